The maximum atomic E-state index is 12.4. The third kappa shape index (κ3) is 4.84. The Hall–Kier alpha value is -2.31. The number of ether oxygens (including phenoxy) is 2. The fraction of sp³-hybridized carbons (Fsp3) is 0.588. The van der Waals surface area contributed by atoms with Crippen LogP contribution in [0.2, 0.25) is 0 Å². The molecule has 2 amide bonds. The van der Waals surface area contributed by atoms with Crippen LogP contribution < -0.4 is 10.1 Å². The van der Waals surface area contributed by atoms with Gasteiger partial charge in [-0.1, -0.05) is 13.8 Å². The maximum absolute atomic E-state index is 12.4. The van der Waals surface area contributed by atoms with E-state index in [4.69, 9.17) is 9.47 Å². The van der Waals surface area contributed by atoms with Gasteiger partial charge in [-0.15, -0.1) is 0 Å². The van der Waals surface area contributed by atoms with Gasteiger partial charge < -0.3 is 19.7 Å². The molecule has 132 valence electrons. The van der Waals surface area contributed by atoms with Crippen LogP contribution in [0.1, 0.15) is 26.7 Å². The van der Waals surface area contributed by atoms with E-state index in [0.29, 0.717) is 50.0 Å². The van der Waals surface area contributed by atoms with E-state index in [1.54, 1.807) is 23.2 Å². The van der Waals surface area contributed by atoms with E-state index >= 15 is 0 Å². The van der Waals surface area contributed by atoms with Gasteiger partial charge in [0.2, 0.25) is 11.8 Å². The van der Waals surface area contributed by atoms with Crippen molar-refractivity contribution in [2.45, 2.75) is 26.7 Å². The predicted molar refractivity (Wildman–Crippen MR) is 89.9 cm³/mol. The molecule has 7 nitrogen and oxygen atoms in total. The smallest absolute Gasteiger partial charge is 0.409 e. The molecule has 7 heteroatoms. The van der Waals surface area contributed by atoms with Crippen LogP contribution in [-0.4, -0.2) is 48.7 Å². The fourth-order valence-corrected chi connectivity index (χ4v) is 2.54. The highest BCUT2D eigenvalue weighted by molar-refractivity contribution is 5.93. The normalized spacial score (nSPS) is 15.2. The third-order valence-corrected chi connectivity index (χ3v) is 3.89. The molecule has 1 fully saturated rings. The summed E-state index contributed by atoms with van der Waals surface area (Å²) in [4.78, 5) is 30.1. The van der Waals surface area contributed by atoms with Gasteiger partial charge >= 0.3 is 6.09 Å². The SMILES string of the molecule is COc1ncccc1NC(=O)C1CCN(C(=O)OCC(C)C)CC1. The minimum absolute atomic E-state index is 0.0727. The Labute approximate surface area is 142 Å². The molecule has 0 spiro atoms. The van der Waals surface area contributed by atoms with Crippen LogP contribution in [0.5, 0.6) is 5.88 Å². The number of piperidine rings is 1. The van der Waals surface area contributed by atoms with Crippen molar-refractivity contribution < 1.29 is 19.1 Å². The summed E-state index contributed by atoms with van der Waals surface area (Å²) in [6.45, 7) is 5.46. The second-order valence-electron chi connectivity index (χ2n) is 6.28. The molecule has 1 saturated heterocycles. The Morgan fingerprint density at radius 2 is 2.08 bits per heavy atom. The van der Waals surface area contributed by atoms with Crippen LogP contribution in [0.4, 0.5) is 10.5 Å². The van der Waals surface area contributed by atoms with E-state index in [2.05, 4.69) is 10.3 Å². The third-order valence-electron chi connectivity index (χ3n) is 3.89. The van der Waals surface area contributed by atoms with Crippen molar-refractivity contribution >= 4 is 17.7 Å². The Kier molecular flexibility index (Phi) is 6.40. The number of methoxy groups -OCH3 is 1. The molecule has 0 atom stereocenters. The Balaban J connectivity index is 1.83. The van der Waals surface area contributed by atoms with Crippen molar-refractivity contribution in [1.29, 1.82) is 0 Å². The van der Waals surface area contributed by atoms with Gasteiger partial charge in [0.15, 0.2) is 0 Å². The number of nitrogens with zero attached hydrogens (tertiary/aromatic N) is 2. The first-order valence-electron chi connectivity index (χ1n) is 8.22. The number of hydrogen-bond acceptors (Lipinski definition) is 5. The molecule has 0 aromatic carbocycles. The van der Waals surface area contributed by atoms with Gasteiger partial charge in [0.25, 0.3) is 0 Å². The summed E-state index contributed by atoms with van der Waals surface area (Å²) in [7, 11) is 1.51. The van der Waals surface area contributed by atoms with Crippen molar-refractivity contribution in [3.8, 4) is 5.88 Å². The van der Waals surface area contributed by atoms with Crippen LogP contribution in [0.25, 0.3) is 0 Å². The monoisotopic (exact) mass is 335 g/mol. The van der Waals surface area contributed by atoms with Crippen LogP contribution >= 0.6 is 0 Å². The van der Waals surface area contributed by atoms with Crippen molar-refractivity contribution in [2.75, 3.05) is 32.1 Å². The lowest BCUT2D eigenvalue weighted by Crippen LogP contribution is -2.42. The topological polar surface area (TPSA) is 80.8 Å². The summed E-state index contributed by atoms with van der Waals surface area (Å²) in [5, 5.41) is 2.85. The van der Waals surface area contributed by atoms with Gasteiger partial charge in [0.1, 0.15) is 5.69 Å². The summed E-state index contributed by atoms with van der Waals surface area (Å²) in [5.41, 5.74) is 0.559. The first kappa shape index (κ1) is 18.0. The highest BCUT2D eigenvalue weighted by Crippen LogP contribution is 2.24. The second-order valence-corrected chi connectivity index (χ2v) is 6.28. The number of likely N-dealkylation sites (tertiary alicyclic amines) is 1. The van der Waals surface area contributed by atoms with E-state index in [1.807, 2.05) is 13.8 Å². The van der Waals surface area contributed by atoms with E-state index in [0.717, 1.165) is 0 Å². The number of amides is 2. The summed E-state index contributed by atoms with van der Waals surface area (Å²) in [6, 6.07) is 3.49. The highest BCUT2D eigenvalue weighted by Gasteiger charge is 2.28. The van der Waals surface area contributed by atoms with Crippen molar-refractivity contribution in [3.05, 3.63) is 18.3 Å². The molecule has 1 aromatic heterocycles. The van der Waals surface area contributed by atoms with Gasteiger partial charge in [-0.25, -0.2) is 9.78 Å². The highest BCUT2D eigenvalue weighted by atomic mass is 16.6. The molecule has 1 aliphatic rings. The number of rotatable bonds is 5. The van der Waals surface area contributed by atoms with Gasteiger partial charge in [0, 0.05) is 25.2 Å². The van der Waals surface area contributed by atoms with Crippen LogP contribution in [-0.2, 0) is 9.53 Å². The zero-order valence-electron chi connectivity index (χ0n) is 14.4. The Morgan fingerprint density at radius 1 is 1.38 bits per heavy atom. The van der Waals surface area contributed by atoms with Gasteiger partial charge in [0.05, 0.1) is 13.7 Å². The summed E-state index contributed by atoms with van der Waals surface area (Å²) in [5.74, 6) is 0.493. The summed E-state index contributed by atoms with van der Waals surface area (Å²) in [6.07, 6.45) is 2.54. The molecule has 0 unspecified atom stereocenters. The first-order chi connectivity index (χ1) is 11.5. The fourth-order valence-electron chi connectivity index (χ4n) is 2.54. The lowest BCUT2D eigenvalue weighted by Gasteiger charge is -2.30. The maximum Gasteiger partial charge on any atom is 0.409 e. The number of carbonyl (C=O) groups excluding carboxylic acids is 2. The minimum atomic E-state index is -0.295. The van der Waals surface area contributed by atoms with Gasteiger partial charge in [-0.2, -0.15) is 0 Å². The second kappa shape index (κ2) is 8.52. The van der Waals surface area contributed by atoms with E-state index in [1.165, 1.54) is 7.11 Å². The molecule has 2 rings (SSSR count). The summed E-state index contributed by atoms with van der Waals surface area (Å²) >= 11 is 0. The standard InChI is InChI=1S/C17H25N3O4/c1-12(2)11-24-17(22)20-9-6-13(7-10-20)15(21)19-14-5-4-8-18-16(14)23-3/h4-5,8,12-13H,6-7,9-11H2,1-3H3,(H,19,21). The Morgan fingerprint density at radius 3 is 2.71 bits per heavy atom. The van der Waals surface area contributed by atoms with Gasteiger partial charge in [-0.3, -0.25) is 4.79 Å². The van der Waals surface area contributed by atoms with Crippen LogP contribution in [0, 0.1) is 11.8 Å². The molecular formula is C17H25N3O4. The Bertz CT molecular complexity index is 569. The van der Waals surface area contributed by atoms with Crippen molar-refractivity contribution in [1.82, 2.24) is 9.88 Å². The van der Waals surface area contributed by atoms with Crippen LogP contribution in [0.3, 0.4) is 0 Å². The lowest BCUT2D eigenvalue weighted by molar-refractivity contribution is -0.121. The lowest BCUT2D eigenvalue weighted by atomic mass is 9.96. The van der Waals surface area contributed by atoms with E-state index < -0.39 is 0 Å². The van der Waals surface area contributed by atoms with Crippen molar-refractivity contribution in [3.63, 3.8) is 0 Å². The predicted octanol–water partition coefficient (Wildman–Crippen LogP) is 2.53. The van der Waals surface area contributed by atoms with Crippen molar-refractivity contribution in [2.24, 2.45) is 11.8 Å². The quantitative estimate of drug-likeness (QED) is 0.894. The summed E-state index contributed by atoms with van der Waals surface area (Å²) < 4.78 is 10.4. The molecular weight excluding hydrogens is 310 g/mol. The van der Waals surface area contributed by atoms with Crippen LogP contribution in [0.15, 0.2) is 18.3 Å². The average Bonchev–Trinajstić information content (AvgIpc) is 2.60. The van der Waals surface area contributed by atoms with Gasteiger partial charge in [-0.05, 0) is 30.9 Å². The number of anilines is 1. The van der Waals surface area contributed by atoms with E-state index in [9.17, 15) is 9.59 Å². The minimum Gasteiger partial charge on any atom is -0.480 e. The molecule has 0 radical (unpaired) electrons. The molecule has 0 saturated carbocycles. The largest absolute Gasteiger partial charge is 0.480 e. The molecule has 0 bridgehead atoms. The molecule has 1 aromatic rings. The number of pyridine rings is 1. The van der Waals surface area contributed by atoms with E-state index in [-0.39, 0.29) is 17.9 Å². The zero-order valence-corrected chi connectivity index (χ0v) is 14.4. The average molecular weight is 335 g/mol. The molecule has 1 N–H and O–H groups in total. The first-order valence-corrected chi connectivity index (χ1v) is 8.22. The molecule has 2 heterocycles. The number of carbonyl (C=O) groups is 2. The molecule has 0 aliphatic carbocycles. The zero-order chi connectivity index (χ0) is 17.5. The molecule has 24 heavy (non-hydrogen) atoms. The number of hydrogen-bond donors (Lipinski definition) is 1. The number of nitrogens with one attached hydrogen (secondary N) is 1. The molecule has 1 aliphatic heterocycles. The number of aromatic nitrogens is 1.